The van der Waals surface area contributed by atoms with Gasteiger partial charge >= 0.3 is 5.69 Å². The summed E-state index contributed by atoms with van der Waals surface area (Å²) in [5.41, 5.74) is 9.88. The molecule has 0 radical (unpaired) electrons. The van der Waals surface area contributed by atoms with Crippen LogP contribution in [-0.4, -0.2) is 63.5 Å². The first-order valence-electron chi connectivity index (χ1n) is 10.9. The molecule has 4 rings (SSSR count). The number of carbonyl (C=O) groups excluding carboxylic acids is 1. The Morgan fingerprint density at radius 3 is 2.55 bits per heavy atom. The molecule has 7 nitrogen and oxygen atoms in total. The number of likely N-dealkylation sites (tertiary alicyclic amines) is 2. The van der Waals surface area contributed by atoms with E-state index in [-0.39, 0.29) is 11.6 Å². The number of hydrogen-bond donors (Lipinski definition) is 2. The Kier molecular flexibility index (Phi) is 5.79. The van der Waals surface area contributed by atoms with Crippen molar-refractivity contribution in [3.63, 3.8) is 0 Å². The SMILES string of the molecule is Cc1cc(CC(N)C(=O)N2CCC(N3CCCCC3)CC2)cc2c1[nH]c(=O)n2C. The quantitative estimate of drug-likeness (QED) is 0.816. The number of aromatic amines is 1. The number of benzene rings is 1. The van der Waals surface area contributed by atoms with Crippen LogP contribution in [-0.2, 0) is 18.3 Å². The van der Waals surface area contributed by atoms with Crippen molar-refractivity contribution in [1.29, 1.82) is 0 Å². The highest BCUT2D eigenvalue weighted by Gasteiger charge is 2.29. The molecule has 0 spiro atoms. The first-order valence-corrected chi connectivity index (χ1v) is 10.9. The Bertz CT molecular complexity index is 933. The van der Waals surface area contributed by atoms with Crippen molar-refractivity contribution in [2.24, 2.45) is 12.8 Å². The largest absolute Gasteiger partial charge is 0.341 e. The number of rotatable bonds is 4. The van der Waals surface area contributed by atoms with Crippen molar-refractivity contribution in [3.8, 4) is 0 Å². The molecule has 2 aliphatic rings. The van der Waals surface area contributed by atoms with E-state index in [9.17, 15) is 9.59 Å². The molecular formula is C22H33N5O2. The minimum Gasteiger partial charge on any atom is -0.341 e. The molecule has 3 N–H and O–H groups in total. The summed E-state index contributed by atoms with van der Waals surface area (Å²) in [5, 5.41) is 0. The molecule has 1 unspecified atom stereocenters. The molecule has 0 bridgehead atoms. The van der Waals surface area contributed by atoms with E-state index >= 15 is 0 Å². The van der Waals surface area contributed by atoms with Gasteiger partial charge in [0.1, 0.15) is 0 Å². The molecule has 1 atom stereocenters. The zero-order chi connectivity index (χ0) is 20.5. The van der Waals surface area contributed by atoms with E-state index in [0.29, 0.717) is 12.5 Å². The standard InChI is InChI=1S/C22H33N5O2/c1-15-12-16(14-19-20(15)24-22(29)25(19)2)13-18(23)21(28)27-10-6-17(7-11-27)26-8-4-3-5-9-26/h12,14,17-18H,3-11,13,23H2,1-2H3,(H,24,29). The molecule has 1 aromatic carbocycles. The second-order valence-electron chi connectivity index (χ2n) is 8.76. The average Bonchev–Trinajstić information content (AvgIpc) is 3.03. The van der Waals surface area contributed by atoms with E-state index in [1.165, 1.54) is 32.4 Å². The Labute approximate surface area is 171 Å². The van der Waals surface area contributed by atoms with Crippen LogP contribution in [0.25, 0.3) is 11.0 Å². The lowest BCUT2D eigenvalue weighted by molar-refractivity contribution is -0.134. The van der Waals surface area contributed by atoms with Gasteiger partial charge in [-0.25, -0.2) is 4.79 Å². The van der Waals surface area contributed by atoms with Crippen molar-refractivity contribution in [1.82, 2.24) is 19.4 Å². The summed E-state index contributed by atoms with van der Waals surface area (Å²) in [6.45, 7) is 6.00. The van der Waals surface area contributed by atoms with Gasteiger partial charge in [0.15, 0.2) is 0 Å². The smallest absolute Gasteiger partial charge is 0.326 e. The lowest BCUT2D eigenvalue weighted by Crippen LogP contribution is -2.52. The number of aryl methyl sites for hydroxylation is 2. The summed E-state index contributed by atoms with van der Waals surface area (Å²) in [6, 6.07) is 4.06. The van der Waals surface area contributed by atoms with Gasteiger partial charge in [-0.3, -0.25) is 9.36 Å². The van der Waals surface area contributed by atoms with Crippen LogP contribution in [0, 0.1) is 6.92 Å². The maximum Gasteiger partial charge on any atom is 0.326 e. The minimum absolute atomic E-state index is 0.0443. The van der Waals surface area contributed by atoms with Crippen molar-refractivity contribution in [2.75, 3.05) is 26.2 Å². The Balaban J connectivity index is 1.38. The molecular weight excluding hydrogens is 366 g/mol. The van der Waals surface area contributed by atoms with Crippen LogP contribution in [0.4, 0.5) is 0 Å². The molecule has 29 heavy (non-hydrogen) atoms. The predicted octanol–water partition coefficient (Wildman–Crippen LogP) is 1.52. The average molecular weight is 400 g/mol. The van der Waals surface area contributed by atoms with Crippen LogP contribution in [0.15, 0.2) is 16.9 Å². The van der Waals surface area contributed by atoms with Crippen LogP contribution in [0.3, 0.4) is 0 Å². The van der Waals surface area contributed by atoms with Gasteiger partial charge in [0.25, 0.3) is 0 Å². The zero-order valence-corrected chi connectivity index (χ0v) is 17.6. The molecule has 2 fully saturated rings. The van der Waals surface area contributed by atoms with Crippen LogP contribution in [0.2, 0.25) is 0 Å². The molecule has 3 heterocycles. The number of fused-ring (bicyclic) bond motifs is 1. The lowest BCUT2D eigenvalue weighted by atomic mass is 9.98. The number of H-pyrrole nitrogens is 1. The van der Waals surface area contributed by atoms with Crippen LogP contribution >= 0.6 is 0 Å². The number of amides is 1. The van der Waals surface area contributed by atoms with E-state index in [4.69, 9.17) is 5.73 Å². The number of nitrogens with one attached hydrogen (secondary N) is 1. The lowest BCUT2D eigenvalue weighted by Gasteiger charge is -2.40. The van der Waals surface area contributed by atoms with E-state index in [1.807, 2.05) is 24.0 Å². The zero-order valence-electron chi connectivity index (χ0n) is 17.6. The maximum atomic E-state index is 12.9. The molecule has 1 amide bonds. The normalized spacial score (nSPS) is 20.3. The predicted molar refractivity (Wildman–Crippen MR) is 115 cm³/mol. The highest BCUT2D eigenvalue weighted by molar-refractivity contribution is 5.83. The van der Waals surface area contributed by atoms with Gasteiger partial charge in [0.2, 0.25) is 5.91 Å². The third kappa shape index (κ3) is 4.12. The summed E-state index contributed by atoms with van der Waals surface area (Å²) in [4.78, 5) is 32.3. The monoisotopic (exact) mass is 399 g/mol. The third-order valence-electron chi connectivity index (χ3n) is 6.73. The number of carbonyl (C=O) groups is 1. The van der Waals surface area contributed by atoms with Crippen molar-refractivity contribution < 1.29 is 4.79 Å². The first-order chi connectivity index (χ1) is 13.9. The summed E-state index contributed by atoms with van der Waals surface area (Å²) in [5.74, 6) is 0.0443. The van der Waals surface area contributed by atoms with Gasteiger partial charge in [0.05, 0.1) is 17.1 Å². The molecule has 2 aliphatic heterocycles. The molecule has 2 saturated heterocycles. The summed E-state index contributed by atoms with van der Waals surface area (Å²) in [6.07, 6.45) is 6.55. The Hall–Kier alpha value is -2.12. The van der Waals surface area contributed by atoms with Gasteiger partial charge in [-0.05, 0) is 69.3 Å². The Morgan fingerprint density at radius 2 is 1.86 bits per heavy atom. The van der Waals surface area contributed by atoms with Crippen molar-refractivity contribution >= 4 is 16.9 Å². The highest BCUT2D eigenvalue weighted by Crippen LogP contribution is 2.22. The summed E-state index contributed by atoms with van der Waals surface area (Å²) >= 11 is 0. The van der Waals surface area contributed by atoms with E-state index in [2.05, 4.69) is 9.88 Å². The fourth-order valence-corrected chi connectivity index (χ4v) is 5.00. The van der Waals surface area contributed by atoms with E-state index < -0.39 is 6.04 Å². The minimum atomic E-state index is -0.547. The summed E-state index contributed by atoms with van der Waals surface area (Å²) in [7, 11) is 1.75. The van der Waals surface area contributed by atoms with Gasteiger partial charge in [-0.2, -0.15) is 0 Å². The second kappa shape index (κ2) is 8.32. The van der Waals surface area contributed by atoms with Gasteiger partial charge in [-0.1, -0.05) is 12.5 Å². The van der Waals surface area contributed by atoms with Gasteiger partial charge in [0, 0.05) is 26.2 Å². The number of piperidine rings is 2. The number of aromatic nitrogens is 2. The third-order valence-corrected chi connectivity index (χ3v) is 6.73. The van der Waals surface area contributed by atoms with E-state index in [0.717, 1.165) is 48.1 Å². The maximum absolute atomic E-state index is 12.9. The Morgan fingerprint density at radius 1 is 1.17 bits per heavy atom. The second-order valence-corrected chi connectivity index (χ2v) is 8.76. The molecule has 0 saturated carbocycles. The van der Waals surface area contributed by atoms with Gasteiger partial charge < -0.3 is 20.5 Å². The number of nitrogens with zero attached hydrogens (tertiary/aromatic N) is 3. The van der Waals surface area contributed by atoms with Crippen molar-refractivity contribution in [3.05, 3.63) is 33.7 Å². The molecule has 2 aromatic rings. The van der Waals surface area contributed by atoms with Gasteiger partial charge in [-0.15, -0.1) is 0 Å². The fraction of sp³-hybridized carbons (Fsp3) is 0.636. The van der Waals surface area contributed by atoms with Crippen molar-refractivity contribution in [2.45, 2.75) is 57.5 Å². The highest BCUT2D eigenvalue weighted by atomic mass is 16.2. The van der Waals surface area contributed by atoms with Crippen LogP contribution in [0.1, 0.15) is 43.2 Å². The van der Waals surface area contributed by atoms with E-state index in [1.54, 1.807) is 11.6 Å². The molecule has 7 heteroatoms. The topological polar surface area (TPSA) is 87.4 Å². The first kappa shape index (κ1) is 20.2. The summed E-state index contributed by atoms with van der Waals surface area (Å²) < 4.78 is 1.60. The molecule has 0 aliphatic carbocycles. The molecule has 1 aromatic heterocycles. The van der Waals surface area contributed by atoms with Crippen LogP contribution < -0.4 is 11.4 Å². The number of nitrogens with two attached hydrogens (primary N) is 1. The fourth-order valence-electron chi connectivity index (χ4n) is 5.00. The number of hydrogen-bond acceptors (Lipinski definition) is 4. The molecule has 158 valence electrons. The van der Waals surface area contributed by atoms with Crippen LogP contribution in [0.5, 0.6) is 0 Å². The number of imidazole rings is 1.